The van der Waals surface area contributed by atoms with Crippen LogP contribution in [0.1, 0.15) is 284 Å². The Morgan fingerprint density at radius 3 is 1.36 bits per heavy atom. The molecule has 6 N–H and O–H groups in total. The summed E-state index contributed by atoms with van der Waals surface area (Å²) in [4.78, 5) is 26.6. The number of ether oxygens (including phenoxy) is 3. The van der Waals surface area contributed by atoms with E-state index in [-0.39, 0.29) is 19.4 Å². The Morgan fingerprint density at radius 2 is 0.889 bits per heavy atom. The molecular weight excluding hydrogens is 1010 g/mol. The fraction of sp³-hybridized carbons (Fsp3) is 0.771. The van der Waals surface area contributed by atoms with E-state index < -0.39 is 67.4 Å². The Kier molecular flexibility index (Phi) is 53.6. The number of hydrogen-bond donors (Lipinski definition) is 6. The van der Waals surface area contributed by atoms with E-state index in [4.69, 9.17) is 14.2 Å². The molecule has 81 heavy (non-hydrogen) atoms. The summed E-state index contributed by atoms with van der Waals surface area (Å²) in [5.41, 5.74) is 0. The van der Waals surface area contributed by atoms with Gasteiger partial charge < -0.3 is 45.1 Å². The second-order valence-electron chi connectivity index (χ2n) is 22.8. The van der Waals surface area contributed by atoms with E-state index in [1.165, 1.54) is 128 Å². The lowest BCUT2D eigenvalue weighted by molar-refractivity contribution is -0.305. The number of aliphatic hydroxyl groups excluding tert-OH is 5. The number of allylic oxidation sites excluding steroid dienone is 13. The topological polar surface area (TPSA) is 175 Å². The van der Waals surface area contributed by atoms with E-state index in [9.17, 15) is 35.1 Å². The lowest BCUT2D eigenvalue weighted by atomic mass is 9.99. The molecule has 0 radical (unpaired) electrons. The van der Waals surface area contributed by atoms with Crippen molar-refractivity contribution in [2.45, 2.75) is 333 Å². The number of carbonyl (C=O) groups excluding carboxylic acids is 2. The Labute approximate surface area is 495 Å². The largest absolute Gasteiger partial charge is 0.454 e. The third-order valence-corrected chi connectivity index (χ3v) is 15.3. The Bertz CT molecular complexity index is 1640. The van der Waals surface area contributed by atoms with Gasteiger partial charge in [0.05, 0.1) is 25.4 Å². The summed E-state index contributed by atoms with van der Waals surface area (Å²) in [7, 11) is 0. The van der Waals surface area contributed by atoms with Gasteiger partial charge in [-0.1, -0.05) is 266 Å². The predicted molar refractivity (Wildman–Crippen MR) is 338 cm³/mol. The number of nitrogens with one attached hydrogen (secondary N) is 1. The molecule has 1 heterocycles. The van der Waals surface area contributed by atoms with Crippen LogP contribution >= 0.6 is 0 Å². The van der Waals surface area contributed by atoms with Crippen LogP contribution in [0, 0.1) is 0 Å². The highest BCUT2D eigenvalue weighted by Gasteiger charge is 2.47. The van der Waals surface area contributed by atoms with Crippen LogP contribution in [0.25, 0.3) is 0 Å². The third kappa shape index (κ3) is 45.0. The minimum Gasteiger partial charge on any atom is -0.454 e. The van der Waals surface area contributed by atoms with Crippen LogP contribution < -0.4 is 5.32 Å². The van der Waals surface area contributed by atoms with Crippen LogP contribution in [0.2, 0.25) is 0 Å². The highest BCUT2D eigenvalue weighted by Crippen LogP contribution is 2.26. The molecule has 8 unspecified atom stereocenters. The zero-order valence-electron chi connectivity index (χ0n) is 51.9. The number of aliphatic hydroxyl groups is 5. The van der Waals surface area contributed by atoms with Crippen molar-refractivity contribution in [3.8, 4) is 0 Å². The van der Waals surface area contributed by atoms with Crippen molar-refractivity contribution in [1.29, 1.82) is 0 Å². The molecule has 0 bridgehead atoms. The van der Waals surface area contributed by atoms with Gasteiger partial charge in [0.1, 0.15) is 24.4 Å². The first-order chi connectivity index (χ1) is 39.7. The summed E-state index contributed by atoms with van der Waals surface area (Å²) in [6.07, 6.45) is 64.8. The van der Waals surface area contributed by atoms with Gasteiger partial charge in [-0.2, -0.15) is 0 Å². The predicted octanol–water partition coefficient (Wildman–Crippen LogP) is 16.5. The number of rotatable bonds is 56. The lowest BCUT2D eigenvalue weighted by Gasteiger charge is -2.41. The Hall–Kier alpha value is -3.16. The summed E-state index contributed by atoms with van der Waals surface area (Å²) in [6, 6.07) is -1.03. The van der Waals surface area contributed by atoms with Crippen molar-refractivity contribution in [3.05, 3.63) is 85.1 Å². The van der Waals surface area contributed by atoms with Gasteiger partial charge >= 0.3 is 5.97 Å². The quantitative estimate of drug-likeness (QED) is 0.0195. The smallest absolute Gasteiger partial charge is 0.306 e. The summed E-state index contributed by atoms with van der Waals surface area (Å²) in [5.74, 6) is -1.20. The minimum atomic E-state index is -1.62. The molecule has 468 valence electrons. The molecule has 11 nitrogen and oxygen atoms in total. The fourth-order valence-electron chi connectivity index (χ4n) is 10.0. The molecule has 1 saturated heterocycles. The van der Waals surface area contributed by atoms with Gasteiger partial charge in [-0.15, -0.1) is 0 Å². The first-order valence-electron chi connectivity index (χ1n) is 33.4. The van der Waals surface area contributed by atoms with Crippen LogP contribution in [0.4, 0.5) is 0 Å². The molecule has 1 aliphatic rings. The first-order valence-corrected chi connectivity index (χ1v) is 33.4. The Morgan fingerprint density at radius 1 is 0.494 bits per heavy atom. The molecule has 1 rings (SSSR count). The van der Waals surface area contributed by atoms with E-state index in [1.807, 2.05) is 6.08 Å². The van der Waals surface area contributed by atoms with E-state index in [0.29, 0.717) is 12.8 Å². The van der Waals surface area contributed by atoms with Gasteiger partial charge in [0.25, 0.3) is 0 Å². The van der Waals surface area contributed by atoms with Gasteiger partial charge in [0.15, 0.2) is 12.4 Å². The number of hydrogen-bond acceptors (Lipinski definition) is 10. The van der Waals surface area contributed by atoms with Crippen LogP contribution in [0.5, 0.6) is 0 Å². The van der Waals surface area contributed by atoms with Gasteiger partial charge in [0.2, 0.25) is 5.91 Å². The molecular formula is C70H123NO10. The molecule has 0 aromatic rings. The van der Waals surface area contributed by atoms with Gasteiger partial charge in [-0.05, 0) is 96.3 Å². The van der Waals surface area contributed by atoms with Crippen molar-refractivity contribution >= 4 is 11.9 Å². The standard InChI is InChI=1S/C70H123NO10/c1-4-7-10-13-16-19-22-24-26-27-28-29-30-31-32-33-34-35-36-37-38-40-43-46-49-52-55-58-65(75)81-68-67(77)66(76)64(59-72)80-70(68)79-60-61(62(73)56-53-50-47-44-41-21-18-15-12-9-6-3)71-69(78)63(74)57-54-51-48-45-42-39-25-23-20-17-14-11-8-5-2/h7,10,16,19-20,23-24,26,28-29,31-32,53,56,61-64,66-68,70,72-74,76-77H,4-6,8-9,11-15,17-18,21-22,25,27,30,33-52,54-55,57-60H2,1-3H3,(H,71,78)/b10-7-,19-16-,23-20-,26-24-,29-28-,32-31-,56-53+. The molecule has 1 fully saturated rings. The van der Waals surface area contributed by atoms with Crippen LogP contribution in [-0.2, 0) is 23.8 Å². The second-order valence-corrected chi connectivity index (χ2v) is 22.8. The van der Waals surface area contributed by atoms with Crippen LogP contribution in [-0.4, -0.2) is 99.6 Å². The Balaban J connectivity index is 2.55. The SMILES string of the molecule is CC/C=C\C/C=C\C/C=C\C/C=C\C/C=C\CCCCCCCCCCCCCC(=O)OC1C(OCC(NC(=O)C(O)CCCCCCCC/C=C\CCCCCC)C(O)/C=C/CCCCCCCCCCC)OC(CO)C(O)C1O. The maximum absolute atomic E-state index is 13.4. The molecule has 1 amide bonds. The average molecular weight is 1140 g/mol. The molecule has 8 atom stereocenters. The first kappa shape index (κ1) is 75.9. The fourth-order valence-corrected chi connectivity index (χ4v) is 10.0. The molecule has 1 aliphatic heterocycles. The maximum atomic E-state index is 13.4. The van der Waals surface area contributed by atoms with Crippen molar-refractivity contribution in [1.82, 2.24) is 5.32 Å². The second kappa shape index (κ2) is 57.3. The van der Waals surface area contributed by atoms with Crippen molar-refractivity contribution in [2.75, 3.05) is 13.2 Å². The highest BCUT2D eigenvalue weighted by atomic mass is 16.7. The molecule has 0 aromatic heterocycles. The van der Waals surface area contributed by atoms with Gasteiger partial charge in [0, 0.05) is 6.42 Å². The minimum absolute atomic E-state index is 0.116. The van der Waals surface area contributed by atoms with Crippen molar-refractivity contribution < 1.29 is 49.3 Å². The third-order valence-electron chi connectivity index (χ3n) is 15.3. The van der Waals surface area contributed by atoms with E-state index in [1.54, 1.807) is 6.08 Å². The van der Waals surface area contributed by atoms with Crippen molar-refractivity contribution in [2.24, 2.45) is 0 Å². The summed E-state index contributed by atoms with van der Waals surface area (Å²) < 4.78 is 17.6. The van der Waals surface area contributed by atoms with Gasteiger partial charge in [-0.25, -0.2) is 0 Å². The van der Waals surface area contributed by atoms with Crippen LogP contribution in [0.15, 0.2) is 85.1 Å². The average Bonchev–Trinajstić information content (AvgIpc) is 3.49. The molecule has 0 saturated carbocycles. The molecule has 0 aliphatic carbocycles. The zero-order chi connectivity index (χ0) is 58.9. The lowest BCUT2D eigenvalue weighted by Crippen LogP contribution is -2.61. The van der Waals surface area contributed by atoms with E-state index in [0.717, 1.165) is 109 Å². The summed E-state index contributed by atoms with van der Waals surface area (Å²) in [5, 5.41) is 57.0. The highest BCUT2D eigenvalue weighted by molar-refractivity contribution is 5.80. The maximum Gasteiger partial charge on any atom is 0.306 e. The molecule has 11 heteroatoms. The van der Waals surface area contributed by atoms with Crippen molar-refractivity contribution in [3.63, 3.8) is 0 Å². The molecule has 0 spiro atoms. The van der Waals surface area contributed by atoms with Gasteiger partial charge in [-0.3, -0.25) is 9.59 Å². The van der Waals surface area contributed by atoms with E-state index >= 15 is 0 Å². The number of esters is 1. The number of amides is 1. The van der Waals surface area contributed by atoms with E-state index in [2.05, 4.69) is 99.0 Å². The number of carbonyl (C=O) groups is 2. The molecule has 0 aromatic carbocycles. The summed E-state index contributed by atoms with van der Waals surface area (Å²) >= 11 is 0. The summed E-state index contributed by atoms with van der Waals surface area (Å²) in [6.45, 7) is 5.66. The van der Waals surface area contributed by atoms with Crippen LogP contribution in [0.3, 0.4) is 0 Å². The normalized spacial score (nSPS) is 19.2. The monoisotopic (exact) mass is 1140 g/mol. The number of unbranched alkanes of at least 4 members (excludes halogenated alkanes) is 30. The zero-order valence-corrected chi connectivity index (χ0v) is 51.9.